The van der Waals surface area contributed by atoms with Crippen molar-refractivity contribution < 1.29 is 23.9 Å². The van der Waals surface area contributed by atoms with Gasteiger partial charge in [0.05, 0.1) is 17.6 Å². The molecule has 0 atom stereocenters. The van der Waals surface area contributed by atoms with Crippen molar-refractivity contribution in [2.45, 2.75) is 104 Å². The maximum Gasteiger partial charge on any atom is 0.419 e. The fourth-order valence-electron chi connectivity index (χ4n) is 5.59. The lowest BCUT2D eigenvalue weighted by atomic mass is 9.85. The summed E-state index contributed by atoms with van der Waals surface area (Å²) in [5.41, 5.74) is 1.07. The van der Waals surface area contributed by atoms with Crippen LogP contribution in [0.2, 0.25) is 0 Å². The molecule has 6 rings (SSSR count). The molecule has 3 heterocycles. The number of ether oxygens (including phenoxy) is 2. The molecule has 2 aliphatic carbocycles. The van der Waals surface area contributed by atoms with Gasteiger partial charge in [0.1, 0.15) is 17.0 Å². The molecule has 1 N–H and O–H groups in total. The minimum absolute atomic E-state index is 0.187. The summed E-state index contributed by atoms with van der Waals surface area (Å²) in [4.78, 5) is 46.1. The van der Waals surface area contributed by atoms with Gasteiger partial charge in [-0.05, 0) is 90.8 Å². The number of aromatic nitrogens is 5. The predicted molar refractivity (Wildman–Crippen MR) is 171 cm³/mol. The lowest BCUT2D eigenvalue weighted by Gasteiger charge is -2.33. The number of fused-ring (bicyclic) bond motifs is 2. The standard InChI is InChI=1S/C34H43N7O5/c1-33(2,3)45-31(43)39(18-21-8-7-9-21)20-26-15-24-11-10-22(14-27(24)41(26)32(44)46-34(4,5)6)16-35-29(42)25-17-36-30-38-37-28(23-12-13-23)40(30)19-25/h10-11,14-15,17,19,21,23H,7-9,12-13,16,18,20H2,1-6H3,(H,35,42). The molecule has 2 fully saturated rings. The Balaban J connectivity index is 1.26. The maximum atomic E-state index is 13.7. The van der Waals surface area contributed by atoms with Gasteiger partial charge in [0, 0.05) is 42.5 Å². The summed E-state index contributed by atoms with van der Waals surface area (Å²) >= 11 is 0. The normalized spacial score (nSPS) is 15.5. The molecule has 2 saturated carbocycles. The number of carbonyl (C=O) groups excluding carboxylic acids is 3. The van der Waals surface area contributed by atoms with Crippen LogP contribution in [0, 0.1) is 5.92 Å². The number of amides is 2. The topological polar surface area (TPSA) is 133 Å². The van der Waals surface area contributed by atoms with Crippen molar-refractivity contribution in [3.63, 3.8) is 0 Å². The molecule has 12 nitrogen and oxygen atoms in total. The molecule has 12 heteroatoms. The SMILES string of the molecule is CC(C)(C)OC(=O)N(Cc1cc2ccc(CNC(=O)c3cnc4nnc(C5CC5)n4c3)cc2n1C(=O)OC(C)(C)C)CC1CCC1. The van der Waals surface area contributed by atoms with Crippen molar-refractivity contribution in [2.75, 3.05) is 6.54 Å². The van der Waals surface area contributed by atoms with Crippen LogP contribution in [0.3, 0.4) is 0 Å². The van der Waals surface area contributed by atoms with Crippen LogP contribution in [0.5, 0.6) is 0 Å². The summed E-state index contributed by atoms with van der Waals surface area (Å²) in [6, 6.07) is 7.62. The van der Waals surface area contributed by atoms with E-state index in [1.165, 1.54) is 10.8 Å². The van der Waals surface area contributed by atoms with Crippen LogP contribution in [0.4, 0.5) is 9.59 Å². The van der Waals surface area contributed by atoms with E-state index in [0.29, 0.717) is 40.9 Å². The van der Waals surface area contributed by atoms with Gasteiger partial charge < -0.3 is 19.7 Å². The molecule has 0 radical (unpaired) electrons. The molecule has 4 aromatic rings. The molecule has 0 bridgehead atoms. The summed E-state index contributed by atoms with van der Waals surface area (Å²) in [6.07, 6.45) is 7.68. The van der Waals surface area contributed by atoms with E-state index in [-0.39, 0.29) is 19.0 Å². The first-order chi connectivity index (χ1) is 21.7. The third-order valence-corrected chi connectivity index (χ3v) is 8.18. The van der Waals surface area contributed by atoms with Crippen LogP contribution in [-0.2, 0) is 22.6 Å². The van der Waals surface area contributed by atoms with Crippen LogP contribution in [0.15, 0.2) is 36.7 Å². The Morgan fingerprint density at radius 3 is 2.37 bits per heavy atom. The lowest BCUT2D eigenvalue weighted by Crippen LogP contribution is -2.41. The molecule has 0 spiro atoms. The average Bonchev–Trinajstić information content (AvgIpc) is 3.59. The van der Waals surface area contributed by atoms with E-state index < -0.39 is 23.4 Å². The van der Waals surface area contributed by atoms with Crippen LogP contribution in [0.1, 0.15) is 107 Å². The first-order valence-corrected chi connectivity index (χ1v) is 16.1. The Morgan fingerprint density at radius 2 is 1.72 bits per heavy atom. The van der Waals surface area contributed by atoms with E-state index in [0.717, 1.165) is 48.9 Å². The minimum atomic E-state index is -0.730. The van der Waals surface area contributed by atoms with Gasteiger partial charge in [-0.2, -0.15) is 0 Å². The first-order valence-electron chi connectivity index (χ1n) is 16.1. The van der Waals surface area contributed by atoms with Crippen LogP contribution < -0.4 is 5.32 Å². The number of nitrogens with one attached hydrogen (secondary N) is 1. The second-order valence-electron chi connectivity index (χ2n) is 14.5. The Kier molecular flexibility index (Phi) is 8.24. The summed E-state index contributed by atoms with van der Waals surface area (Å²) in [5.74, 6) is 1.79. The van der Waals surface area contributed by atoms with Gasteiger partial charge in [-0.25, -0.2) is 19.1 Å². The third-order valence-electron chi connectivity index (χ3n) is 8.18. The number of hydrogen-bond donors (Lipinski definition) is 1. The molecule has 0 unspecified atom stereocenters. The summed E-state index contributed by atoms with van der Waals surface area (Å²) in [5, 5.41) is 12.1. The van der Waals surface area contributed by atoms with Crippen molar-refractivity contribution in [2.24, 2.45) is 5.92 Å². The zero-order chi connectivity index (χ0) is 32.8. The molecular weight excluding hydrogens is 586 g/mol. The van der Waals surface area contributed by atoms with Gasteiger partial charge >= 0.3 is 12.2 Å². The third kappa shape index (κ3) is 7.16. The fourth-order valence-corrected chi connectivity index (χ4v) is 5.59. The summed E-state index contributed by atoms with van der Waals surface area (Å²) in [7, 11) is 0. The van der Waals surface area contributed by atoms with Crippen molar-refractivity contribution in [3.8, 4) is 0 Å². The van der Waals surface area contributed by atoms with Gasteiger partial charge in [-0.3, -0.25) is 9.20 Å². The largest absolute Gasteiger partial charge is 0.444 e. The van der Waals surface area contributed by atoms with Crippen LogP contribution >= 0.6 is 0 Å². The molecule has 46 heavy (non-hydrogen) atoms. The molecule has 2 aliphatic rings. The highest BCUT2D eigenvalue weighted by molar-refractivity contribution is 5.94. The van der Waals surface area contributed by atoms with Crippen LogP contribution in [0.25, 0.3) is 16.7 Å². The number of benzene rings is 1. The van der Waals surface area contributed by atoms with Gasteiger partial charge in [0.15, 0.2) is 0 Å². The maximum absolute atomic E-state index is 13.7. The van der Waals surface area contributed by atoms with Gasteiger partial charge in [-0.15, -0.1) is 10.2 Å². The Labute approximate surface area is 268 Å². The van der Waals surface area contributed by atoms with E-state index in [4.69, 9.17) is 9.47 Å². The van der Waals surface area contributed by atoms with Crippen molar-refractivity contribution in [1.29, 1.82) is 0 Å². The predicted octanol–water partition coefficient (Wildman–Crippen LogP) is 6.21. The Bertz CT molecular complexity index is 1790. The molecule has 0 aliphatic heterocycles. The zero-order valence-corrected chi connectivity index (χ0v) is 27.5. The lowest BCUT2D eigenvalue weighted by molar-refractivity contribution is 0.0163. The quantitative estimate of drug-likeness (QED) is 0.243. The molecular formula is C34H43N7O5. The summed E-state index contributed by atoms with van der Waals surface area (Å²) in [6.45, 7) is 12.0. The monoisotopic (exact) mass is 629 g/mol. The highest BCUT2D eigenvalue weighted by atomic mass is 16.6. The summed E-state index contributed by atoms with van der Waals surface area (Å²) < 4.78 is 14.9. The van der Waals surface area contributed by atoms with Gasteiger partial charge in [-0.1, -0.05) is 18.6 Å². The van der Waals surface area contributed by atoms with E-state index >= 15 is 0 Å². The van der Waals surface area contributed by atoms with Crippen LogP contribution in [-0.4, -0.2) is 64.9 Å². The second kappa shape index (κ2) is 12.0. The molecule has 3 aromatic heterocycles. The van der Waals surface area contributed by atoms with Gasteiger partial charge in [0.25, 0.3) is 11.7 Å². The molecule has 2 amide bonds. The highest BCUT2D eigenvalue weighted by Crippen LogP contribution is 2.38. The highest BCUT2D eigenvalue weighted by Gasteiger charge is 2.31. The fraction of sp³-hybridized carbons (Fsp3) is 0.529. The average molecular weight is 630 g/mol. The molecule has 1 aromatic carbocycles. The smallest absolute Gasteiger partial charge is 0.419 e. The van der Waals surface area contributed by atoms with E-state index in [1.807, 2.05) is 65.8 Å². The number of carbonyl (C=O) groups is 3. The first kappa shape index (κ1) is 31.5. The second-order valence-corrected chi connectivity index (χ2v) is 14.5. The van der Waals surface area contributed by atoms with E-state index in [9.17, 15) is 14.4 Å². The van der Waals surface area contributed by atoms with E-state index in [1.54, 1.807) is 15.5 Å². The molecule has 0 saturated heterocycles. The van der Waals surface area contributed by atoms with Gasteiger partial charge in [0.2, 0.25) is 0 Å². The number of hydrogen-bond acceptors (Lipinski definition) is 8. The van der Waals surface area contributed by atoms with Crippen molar-refractivity contribution in [1.82, 2.24) is 34.4 Å². The number of nitrogens with zero attached hydrogens (tertiary/aromatic N) is 6. The Morgan fingerprint density at radius 1 is 0.978 bits per heavy atom. The number of rotatable bonds is 8. The molecule has 244 valence electrons. The Hall–Kier alpha value is -4.48. The zero-order valence-electron chi connectivity index (χ0n) is 27.5. The van der Waals surface area contributed by atoms with Crippen molar-refractivity contribution >= 4 is 34.8 Å². The minimum Gasteiger partial charge on any atom is -0.444 e. The van der Waals surface area contributed by atoms with E-state index in [2.05, 4.69) is 20.5 Å². The van der Waals surface area contributed by atoms with Crippen molar-refractivity contribution in [3.05, 3.63) is 59.3 Å².